The molecular formula is C17H22FNO5. The number of carbonyl (C=O) groups is 2. The van der Waals surface area contributed by atoms with E-state index in [0.717, 1.165) is 25.7 Å². The molecule has 1 fully saturated rings. The highest BCUT2D eigenvalue weighted by atomic mass is 19.1. The number of hydrogen-bond acceptors (Lipinski definition) is 4. The van der Waals surface area contributed by atoms with Crippen molar-refractivity contribution in [3.63, 3.8) is 0 Å². The van der Waals surface area contributed by atoms with E-state index in [1.54, 1.807) is 6.07 Å². The molecule has 0 atom stereocenters. The van der Waals surface area contributed by atoms with Crippen LogP contribution >= 0.6 is 0 Å². The van der Waals surface area contributed by atoms with Crippen molar-refractivity contribution in [2.75, 3.05) is 26.8 Å². The zero-order valence-electron chi connectivity index (χ0n) is 13.7. The lowest BCUT2D eigenvalue weighted by molar-refractivity contribution is 0.0595. The molecule has 0 unspecified atom stereocenters. The SMILES string of the molecule is COC(=O)c1ccc(OCCCC2CCN(C(=O)O)CC2)cc1F. The van der Waals surface area contributed by atoms with E-state index < -0.39 is 17.9 Å². The molecule has 1 heterocycles. The van der Waals surface area contributed by atoms with Gasteiger partial charge in [0.15, 0.2) is 0 Å². The first kappa shape index (κ1) is 18.0. The van der Waals surface area contributed by atoms with Gasteiger partial charge in [-0.1, -0.05) is 0 Å². The summed E-state index contributed by atoms with van der Waals surface area (Å²) in [6.45, 7) is 1.62. The summed E-state index contributed by atoms with van der Waals surface area (Å²) in [6, 6.07) is 4.07. The maximum atomic E-state index is 13.8. The number of hydrogen-bond donors (Lipinski definition) is 1. The summed E-state index contributed by atoms with van der Waals surface area (Å²) in [5.74, 6) is -0.504. The Bertz CT molecular complexity index is 584. The fourth-order valence-corrected chi connectivity index (χ4v) is 2.84. The van der Waals surface area contributed by atoms with Crippen molar-refractivity contribution < 1.29 is 28.6 Å². The van der Waals surface area contributed by atoms with Gasteiger partial charge in [0, 0.05) is 19.2 Å². The van der Waals surface area contributed by atoms with E-state index in [2.05, 4.69) is 4.74 Å². The lowest BCUT2D eigenvalue weighted by atomic mass is 9.92. The second-order valence-corrected chi connectivity index (χ2v) is 5.84. The summed E-state index contributed by atoms with van der Waals surface area (Å²) in [5, 5.41) is 8.90. The molecule has 0 bridgehead atoms. The van der Waals surface area contributed by atoms with Crippen molar-refractivity contribution in [1.29, 1.82) is 0 Å². The van der Waals surface area contributed by atoms with Crippen LogP contribution in [0.4, 0.5) is 9.18 Å². The molecule has 2 rings (SSSR count). The van der Waals surface area contributed by atoms with Crippen LogP contribution in [0.2, 0.25) is 0 Å². The normalized spacial score (nSPS) is 15.2. The van der Waals surface area contributed by atoms with Gasteiger partial charge >= 0.3 is 12.1 Å². The Hall–Kier alpha value is -2.31. The van der Waals surface area contributed by atoms with Crippen LogP contribution in [0, 0.1) is 11.7 Å². The average molecular weight is 339 g/mol. The Morgan fingerprint density at radius 3 is 2.62 bits per heavy atom. The van der Waals surface area contributed by atoms with Gasteiger partial charge in [-0.15, -0.1) is 0 Å². The van der Waals surface area contributed by atoms with Crippen molar-refractivity contribution >= 4 is 12.1 Å². The van der Waals surface area contributed by atoms with Crippen molar-refractivity contribution in [2.24, 2.45) is 5.92 Å². The molecule has 1 saturated heterocycles. The number of methoxy groups -OCH3 is 1. The Balaban J connectivity index is 1.70. The first-order chi connectivity index (χ1) is 11.5. The Kier molecular flexibility index (Phi) is 6.40. The van der Waals surface area contributed by atoms with Gasteiger partial charge in [-0.2, -0.15) is 0 Å². The standard InChI is InChI=1S/C17H22FNO5/c1-23-16(20)14-5-4-13(11-15(14)18)24-10-2-3-12-6-8-19(9-7-12)17(21)22/h4-5,11-12H,2-3,6-10H2,1H3,(H,21,22). The highest BCUT2D eigenvalue weighted by Gasteiger charge is 2.21. The van der Waals surface area contributed by atoms with E-state index in [9.17, 15) is 14.0 Å². The highest BCUT2D eigenvalue weighted by molar-refractivity contribution is 5.89. The molecule has 1 amide bonds. The summed E-state index contributed by atoms with van der Waals surface area (Å²) in [7, 11) is 1.20. The Labute approximate surface area is 140 Å². The smallest absolute Gasteiger partial charge is 0.407 e. The molecule has 1 aromatic carbocycles. The van der Waals surface area contributed by atoms with Crippen LogP contribution in [0.5, 0.6) is 5.75 Å². The zero-order valence-corrected chi connectivity index (χ0v) is 13.7. The lowest BCUT2D eigenvalue weighted by Crippen LogP contribution is -2.37. The molecule has 1 aromatic rings. The number of piperidine rings is 1. The van der Waals surface area contributed by atoms with Crippen molar-refractivity contribution in [3.8, 4) is 5.75 Å². The number of esters is 1. The number of halogens is 1. The third kappa shape index (κ3) is 4.84. The number of nitrogens with zero attached hydrogens (tertiary/aromatic N) is 1. The molecule has 0 saturated carbocycles. The quantitative estimate of drug-likeness (QED) is 0.636. The van der Waals surface area contributed by atoms with Gasteiger partial charge in [0.1, 0.15) is 11.6 Å². The van der Waals surface area contributed by atoms with E-state index in [0.29, 0.717) is 31.4 Å². The molecule has 1 aliphatic heterocycles. The van der Waals surface area contributed by atoms with Crippen molar-refractivity contribution in [2.45, 2.75) is 25.7 Å². The molecule has 24 heavy (non-hydrogen) atoms. The van der Waals surface area contributed by atoms with E-state index in [4.69, 9.17) is 9.84 Å². The number of amides is 1. The molecule has 0 aliphatic carbocycles. The molecule has 0 radical (unpaired) electrons. The molecule has 6 nitrogen and oxygen atoms in total. The summed E-state index contributed by atoms with van der Waals surface area (Å²) in [4.78, 5) is 23.6. The fourth-order valence-electron chi connectivity index (χ4n) is 2.84. The van der Waals surface area contributed by atoms with E-state index in [-0.39, 0.29) is 5.56 Å². The van der Waals surface area contributed by atoms with Crippen molar-refractivity contribution in [3.05, 3.63) is 29.6 Å². The summed E-state index contributed by atoms with van der Waals surface area (Å²) in [5.41, 5.74) is -0.116. The number of likely N-dealkylation sites (tertiary alicyclic amines) is 1. The van der Waals surface area contributed by atoms with Gasteiger partial charge in [-0.05, 0) is 43.7 Å². The van der Waals surface area contributed by atoms with Gasteiger partial charge in [0.2, 0.25) is 0 Å². The van der Waals surface area contributed by atoms with Gasteiger partial charge in [0.25, 0.3) is 0 Å². The molecule has 1 aliphatic rings. The fraction of sp³-hybridized carbons (Fsp3) is 0.529. The maximum Gasteiger partial charge on any atom is 0.407 e. The second kappa shape index (κ2) is 8.52. The first-order valence-corrected chi connectivity index (χ1v) is 7.99. The van der Waals surface area contributed by atoms with Crippen LogP contribution in [0.1, 0.15) is 36.0 Å². The highest BCUT2D eigenvalue weighted by Crippen LogP contribution is 2.23. The second-order valence-electron chi connectivity index (χ2n) is 5.84. The minimum atomic E-state index is -0.853. The van der Waals surface area contributed by atoms with Gasteiger partial charge in [0.05, 0.1) is 19.3 Å². The van der Waals surface area contributed by atoms with Gasteiger partial charge in [-0.25, -0.2) is 14.0 Å². The molecular weight excluding hydrogens is 317 g/mol. The van der Waals surface area contributed by atoms with E-state index >= 15 is 0 Å². The molecule has 7 heteroatoms. The molecule has 0 spiro atoms. The topological polar surface area (TPSA) is 76.1 Å². The third-order valence-electron chi connectivity index (χ3n) is 4.26. The molecule has 132 valence electrons. The zero-order chi connectivity index (χ0) is 17.5. The van der Waals surface area contributed by atoms with Gasteiger partial charge < -0.3 is 19.5 Å². The van der Waals surface area contributed by atoms with E-state index in [1.165, 1.54) is 24.1 Å². The minimum absolute atomic E-state index is 0.116. The van der Waals surface area contributed by atoms with Crippen LogP contribution in [-0.2, 0) is 4.74 Å². The van der Waals surface area contributed by atoms with Crippen LogP contribution in [0.3, 0.4) is 0 Å². The maximum absolute atomic E-state index is 13.8. The first-order valence-electron chi connectivity index (χ1n) is 7.99. The third-order valence-corrected chi connectivity index (χ3v) is 4.26. The molecule has 0 aromatic heterocycles. The predicted molar refractivity (Wildman–Crippen MR) is 84.8 cm³/mol. The van der Waals surface area contributed by atoms with Crippen LogP contribution in [0.15, 0.2) is 18.2 Å². The predicted octanol–water partition coefficient (Wildman–Crippen LogP) is 3.16. The summed E-state index contributed by atoms with van der Waals surface area (Å²) >= 11 is 0. The number of benzene rings is 1. The van der Waals surface area contributed by atoms with E-state index in [1.807, 2.05) is 0 Å². The number of carboxylic acid groups (broad SMARTS) is 1. The molecule has 1 N–H and O–H groups in total. The lowest BCUT2D eigenvalue weighted by Gasteiger charge is -2.29. The number of ether oxygens (including phenoxy) is 2. The van der Waals surface area contributed by atoms with Crippen LogP contribution < -0.4 is 4.74 Å². The Morgan fingerprint density at radius 1 is 1.33 bits per heavy atom. The monoisotopic (exact) mass is 339 g/mol. The summed E-state index contributed by atoms with van der Waals surface area (Å²) in [6.07, 6.45) is 2.66. The Morgan fingerprint density at radius 2 is 2.04 bits per heavy atom. The van der Waals surface area contributed by atoms with Gasteiger partial charge in [-0.3, -0.25) is 0 Å². The summed E-state index contributed by atoms with van der Waals surface area (Å²) < 4.78 is 23.8. The van der Waals surface area contributed by atoms with Crippen LogP contribution in [0.25, 0.3) is 0 Å². The van der Waals surface area contributed by atoms with Crippen LogP contribution in [-0.4, -0.2) is 48.9 Å². The minimum Gasteiger partial charge on any atom is -0.493 e. The average Bonchev–Trinajstić information content (AvgIpc) is 2.58. The largest absolute Gasteiger partial charge is 0.493 e. The number of carbonyl (C=O) groups excluding carboxylic acids is 1. The van der Waals surface area contributed by atoms with Crippen molar-refractivity contribution in [1.82, 2.24) is 4.90 Å². The number of rotatable bonds is 6.